The Morgan fingerprint density at radius 3 is 2.82 bits per heavy atom. The zero-order chi connectivity index (χ0) is 12.3. The number of hydrogen-bond donors (Lipinski definition) is 4. The van der Waals surface area contributed by atoms with Gasteiger partial charge in [-0.25, -0.2) is 15.8 Å². The SMILES string of the molecule is NNc1cnc(C(=O)NC2CNC(=O)C2)cn1. The Hall–Kier alpha value is -2.22. The molecule has 0 spiro atoms. The molecule has 0 saturated carbocycles. The van der Waals surface area contributed by atoms with E-state index in [2.05, 4.69) is 26.0 Å². The number of carbonyl (C=O) groups is 2. The maximum absolute atomic E-state index is 11.7. The lowest BCUT2D eigenvalue weighted by Gasteiger charge is -2.09. The molecule has 90 valence electrons. The van der Waals surface area contributed by atoms with Gasteiger partial charge in [0, 0.05) is 13.0 Å². The van der Waals surface area contributed by atoms with Crippen molar-refractivity contribution in [1.82, 2.24) is 20.6 Å². The fourth-order valence-electron chi connectivity index (χ4n) is 1.49. The maximum atomic E-state index is 11.7. The summed E-state index contributed by atoms with van der Waals surface area (Å²) in [6, 6.07) is -0.191. The van der Waals surface area contributed by atoms with Gasteiger partial charge in [0.15, 0.2) is 5.82 Å². The van der Waals surface area contributed by atoms with E-state index in [1.165, 1.54) is 12.4 Å². The number of amides is 2. The first-order chi connectivity index (χ1) is 8.19. The van der Waals surface area contributed by atoms with Crippen LogP contribution in [0.3, 0.4) is 0 Å². The number of anilines is 1. The largest absolute Gasteiger partial charge is 0.354 e. The van der Waals surface area contributed by atoms with Gasteiger partial charge in [0.25, 0.3) is 5.91 Å². The molecule has 0 radical (unpaired) electrons. The number of rotatable bonds is 3. The van der Waals surface area contributed by atoms with Crippen molar-refractivity contribution in [3.8, 4) is 0 Å². The number of nitrogens with one attached hydrogen (secondary N) is 3. The Morgan fingerprint density at radius 1 is 1.47 bits per heavy atom. The predicted octanol–water partition coefficient (Wildman–Crippen LogP) is -1.62. The lowest BCUT2D eigenvalue weighted by atomic mass is 10.2. The molecule has 2 amide bonds. The smallest absolute Gasteiger partial charge is 0.271 e. The minimum Gasteiger partial charge on any atom is -0.354 e. The Kier molecular flexibility index (Phi) is 3.15. The van der Waals surface area contributed by atoms with Crippen LogP contribution in [0, 0.1) is 0 Å². The molecule has 1 fully saturated rings. The van der Waals surface area contributed by atoms with Gasteiger partial charge in [0.1, 0.15) is 5.69 Å². The summed E-state index contributed by atoms with van der Waals surface area (Å²) in [6.45, 7) is 0.445. The maximum Gasteiger partial charge on any atom is 0.271 e. The van der Waals surface area contributed by atoms with E-state index in [0.29, 0.717) is 18.8 Å². The molecule has 1 aromatic rings. The fraction of sp³-hybridized carbons (Fsp3) is 0.333. The van der Waals surface area contributed by atoms with E-state index in [1.54, 1.807) is 0 Å². The third-order valence-corrected chi connectivity index (χ3v) is 2.35. The van der Waals surface area contributed by atoms with Gasteiger partial charge in [-0.15, -0.1) is 0 Å². The molecule has 0 bridgehead atoms. The highest BCUT2D eigenvalue weighted by Gasteiger charge is 2.23. The summed E-state index contributed by atoms with van der Waals surface area (Å²) < 4.78 is 0. The first-order valence-electron chi connectivity index (χ1n) is 5.05. The topological polar surface area (TPSA) is 122 Å². The molecule has 2 rings (SSSR count). The Bertz CT molecular complexity index is 432. The monoisotopic (exact) mass is 236 g/mol. The number of hydrazine groups is 1. The second-order valence-electron chi connectivity index (χ2n) is 3.61. The molecule has 1 aliphatic heterocycles. The van der Waals surface area contributed by atoms with Crippen LogP contribution in [0.15, 0.2) is 12.4 Å². The second-order valence-corrected chi connectivity index (χ2v) is 3.61. The highest BCUT2D eigenvalue weighted by atomic mass is 16.2. The predicted molar refractivity (Wildman–Crippen MR) is 58.7 cm³/mol. The Balaban J connectivity index is 1.97. The van der Waals surface area contributed by atoms with Crippen LogP contribution in [0.5, 0.6) is 0 Å². The van der Waals surface area contributed by atoms with Crippen LogP contribution in [0.25, 0.3) is 0 Å². The van der Waals surface area contributed by atoms with Gasteiger partial charge in [-0.1, -0.05) is 0 Å². The van der Waals surface area contributed by atoms with Gasteiger partial charge in [-0.05, 0) is 0 Å². The quantitative estimate of drug-likeness (QED) is 0.369. The van der Waals surface area contributed by atoms with Gasteiger partial charge >= 0.3 is 0 Å². The number of aromatic nitrogens is 2. The summed E-state index contributed by atoms with van der Waals surface area (Å²) in [7, 11) is 0. The van der Waals surface area contributed by atoms with Crippen LogP contribution in [0.4, 0.5) is 5.82 Å². The van der Waals surface area contributed by atoms with Crippen LogP contribution < -0.4 is 21.9 Å². The zero-order valence-corrected chi connectivity index (χ0v) is 8.93. The van der Waals surface area contributed by atoms with E-state index in [1.807, 2.05) is 0 Å². The van der Waals surface area contributed by atoms with Gasteiger partial charge in [0.2, 0.25) is 5.91 Å². The van der Waals surface area contributed by atoms with Crippen molar-refractivity contribution in [2.24, 2.45) is 5.84 Å². The molecule has 2 heterocycles. The minimum absolute atomic E-state index is 0.0657. The molecule has 0 aliphatic carbocycles. The highest BCUT2D eigenvalue weighted by molar-refractivity contribution is 5.93. The van der Waals surface area contributed by atoms with E-state index >= 15 is 0 Å². The van der Waals surface area contributed by atoms with Gasteiger partial charge in [0.05, 0.1) is 18.4 Å². The van der Waals surface area contributed by atoms with Crippen LogP contribution in [-0.2, 0) is 4.79 Å². The van der Waals surface area contributed by atoms with Crippen molar-refractivity contribution in [2.45, 2.75) is 12.5 Å². The van der Waals surface area contributed by atoms with E-state index in [4.69, 9.17) is 5.84 Å². The number of nitrogen functional groups attached to an aromatic ring is 1. The minimum atomic E-state index is -0.359. The fourth-order valence-corrected chi connectivity index (χ4v) is 1.49. The van der Waals surface area contributed by atoms with Crippen LogP contribution in [-0.4, -0.2) is 34.4 Å². The normalized spacial score (nSPS) is 18.6. The standard InChI is InChI=1S/C9H12N6O2/c10-15-7-4-11-6(3-12-7)9(17)14-5-1-8(16)13-2-5/h3-5H,1-2,10H2,(H,12,15)(H,13,16)(H,14,17). The summed E-state index contributed by atoms with van der Waals surface area (Å²) in [5.41, 5.74) is 2.50. The van der Waals surface area contributed by atoms with Gasteiger partial charge in [-0.3, -0.25) is 9.59 Å². The van der Waals surface area contributed by atoms with Crippen molar-refractivity contribution in [1.29, 1.82) is 0 Å². The molecule has 1 atom stereocenters. The van der Waals surface area contributed by atoms with Crippen molar-refractivity contribution in [3.05, 3.63) is 18.1 Å². The van der Waals surface area contributed by atoms with Crippen molar-refractivity contribution < 1.29 is 9.59 Å². The molecule has 1 aromatic heterocycles. The molecular formula is C9H12N6O2. The first-order valence-corrected chi connectivity index (χ1v) is 5.05. The molecule has 0 aromatic carbocycles. The Morgan fingerprint density at radius 2 is 2.29 bits per heavy atom. The van der Waals surface area contributed by atoms with E-state index in [9.17, 15) is 9.59 Å². The molecule has 8 nitrogen and oxygen atoms in total. The van der Waals surface area contributed by atoms with E-state index < -0.39 is 0 Å². The zero-order valence-electron chi connectivity index (χ0n) is 8.93. The molecule has 1 unspecified atom stereocenters. The number of nitrogens with zero attached hydrogens (tertiary/aromatic N) is 2. The second kappa shape index (κ2) is 4.74. The number of nitrogens with two attached hydrogens (primary N) is 1. The highest BCUT2D eigenvalue weighted by Crippen LogP contribution is 2.02. The molecule has 8 heteroatoms. The van der Waals surface area contributed by atoms with Crippen LogP contribution in [0.2, 0.25) is 0 Å². The molecule has 17 heavy (non-hydrogen) atoms. The van der Waals surface area contributed by atoms with Crippen LogP contribution >= 0.6 is 0 Å². The molecule has 1 saturated heterocycles. The number of carbonyl (C=O) groups excluding carboxylic acids is 2. The summed E-state index contributed by atoms with van der Waals surface area (Å²) in [6.07, 6.45) is 2.96. The lowest BCUT2D eigenvalue weighted by molar-refractivity contribution is -0.119. The third-order valence-electron chi connectivity index (χ3n) is 2.35. The van der Waals surface area contributed by atoms with Crippen LogP contribution in [0.1, 0.15) is 16.9 Å². The molecule has 5 N–H and O–H groups in total. The lowest BCUT2D eigenvalue weighted by Crippen LogP contribution is -2.36. The summed E-state index contributed by atoms with van der Waals surface area (Å²) in [5, 5.41) is 5.32. The summed E-state index contributed by atoms with van der Waals surface area (Å²) >= 11 is 0. The molecule has 1 aliphatic rings. The summed E-state index contributed by atoms with van der Waals surface area (Å²) in [4.78, 5) is 30.4. The average molecular weight is 236 g/mol. The Labute approximate surface area is 97.0 Å². The summed E-state index contributed by atoms with van der Waals surface area (Å²) in [5.74, 6) is 5.07. The molecular weight excluding hydrogens is 224 g/mol. The third kappa shape index (κ3) is 2.67. The van der Waals surface area contributed by atoms with Crippen molar-refractivity contribution >= 4 is 17.6 Å². The van der Waals surface area contributed by atoms with Crippen molar-refractivity contribution in [3.63, 3.8) is 0 Å². The van der Waals surface area contributed by atoms with E-state index in [-0.39, 0.29) is 23.6 Å². The van der Waals surface area contributed by atoms with Gasteiger partial charge in [-0.2, -0.15) is 0 Å². The van der Waals surface area contributed by atoms with E-state index in [0.717, 1.165) is 0 Å². The average Bonchev–Trinajstić information content (AvgIpc) is 2.75. The number of hydrogen-bond acceptors (Lipinski definition) is 6. The first kappa shape index (κ1) is 11.3. The van der Waals surface area contributed by atoms with Gasteiger partial charge < -0.3 is 16.1 Å². The van der Waals surface area contributed by atoms with Crippen molar-refractivity contribution in [2.75, 3.05) is 12.0 Å².